The van der Waals surface area contributed by atoms with E-state index in [2.05, 4.69) is 39.6 Å². The predicted molar refractivity (Wildman–Crippen MR) is 121 cm³/mol. The highest BCUT2D eigenvalue weighted by Crippen LogP contribution is 2.19. The molecule has 28 heavy (non-hydrogen) atoms. The molecule has 0 heterocycles. The van der Waals surface area contributed by atoms with Crippen LogP contribution < -0.4 is 16.4 Å². The van der Waals surface area contributed by atoms with Crippen molar-refractivity contribution in [2.45, 2.75) is 80.6 Å². The summed E-state index contributed by atoms with van der Waals surface area (Å²) in [5, 5.41) is 6.23. The summed E-state index contributed by atoms with van der Waals surface area (Å²) in [4.78, 5) is 34.7. The van der Waals surface area contributed by atoms with E-state index in [0.29, 0.717) is 12.1 Å². The van der Waals surface area contributed by atoms with Crippen molar-refractivity contribution < 1.29 is 9.59 Å². The van der Waals surface area contributed by atoms with E-state index in [4.69, 9.17) is 49.5 Å². The number of hydrogen-bond donors (Lipinski definition) is 3. The molecule has 2 rings (SSSR count). The number of amides is 2. The van der Waals surface area contributed by atoms with Crippen LogP contribution >= 0.6 is 58.0 Å². The lowest BCUT2D eigenvalue weighted by molar-refractivity contribution is 0.224. The maximum Gasteiger partial charge on any atom is 0.315 e. The molecule has 0 aromatic heterocycles. The van der Waals surface area contributed by atoms with Crippen molar-refractivity contribution in [1.82, 2.24) is 10.6 Å². The molecule has 2 amide bonds. The Hall–Kier alpha value is -0.0500. The van der Waals surface area contributed by atoms with E-state index in [0.717, 1.165) is 25.7 Å². The minimum absolute atomic E-state index is 0.0683. The van der Waals surface area contributed by atoms with Crippen LogP contribution in [-0.2, 0) is 0 Å². The van der Waals surface area contributed by atoms with Crippen LogP contribution in [0.4, 0.5) is 9.59 Å². The molecule has 0 aromatic rings. The number of hydrogen-bond acceptors (Lipinski definition) is 5. The molecule has 12 heteroatoms. The van der Waals surface area contributed by atoms with E-state index in [1.165, 1.54) is 45.6 Å². The summed E-state index contributed by atoms with van der Waals surface area (Å²) >= 11 is 23.2. The van der Waals surface area contributed by atoms with E-state index >= 15 is 0 Å². The Bertz CT molecular complexity index is 341. The van der Waals surface area contributed by atoms with Gasteiger partial charge in [0.15, 0.2) is 4.30 Å². The van der Waals surface area contributed by atoms with Crippen LogP contribution in [0.5, 0.6) is 0 Å². The Balaban J connectivity index is -0.000000436. The highest BCUT2D eigenvalue weighted by atomic mass is 35.6. The van der Waals surface area contributed by atoms with Crippen molar-refractivity contribution in [3.05, 3.63) is 9.93 Å². The van der Waals surface area contributed by atoms with Gasteiger partial charge < -0.3 is 16.4 Å². The summed E-state index contributed by atoms with van der Waals surface area (Å²) in [6, 6.07) is 0.925. The van der Waals surface area contributed by atoms with Gasteiger partial charge in [-0.15, -0.1) is 0 Å². The second-order valence-corrected chi connectivity index (χ2v) is 8.62. The zero-order valence-electron chi connectivity index (χ0n) is 15.9. The number of nitrogens with two attached hydrogens (primary N) is 1. The van der Waals surface area contributed by atoms with Crippen LogP contribution in [0.25, 0.3) is 0 Å². The lowest BCUT2D eigenvalue weighted by Crippen LogP contribution is -2.47. The third-order valence-corrected chi connectivity index (χ3v) is 3.88. The van der Waals surface area contributed by atoms with E-state index in [9.17, 15) is 4.79 Å². The number of nitrogens with one attached hydrogen (secondary N) is 2. The highest BCUT2D eigenvalue weighted by Gasteiger charge is 2.19. The summed E-state index contributed by atoms with van der Waals surface area (Å²) < 4.78 is -1.64. The summed E-state index contributed by atoms with van der Waals surface area (Å²) in [6.45, 7) is 0. The van der Waals surface area contributed by atoms with Crippen LogP contribution in [0.3, 0.4) is 0 Å². The van der Waals surface area contributed by atoms with Gasteiger partial charge in [-0.3, -0.25) is 4.79 Å². The fraction of sp³-hybridized carbons (Fsp3) is 0.875. The normalized spacial score (nSPS) is 16.3. The Kier molecular flexibility index (Phi) is 29.1. The number of halogens is 5. The molecule has 4 N–H and O–H groups in total. The zero-order chi connectivity index (χ0) is 22.4. The average Bonchev–Trinajstić information content (AvgIpc) is 2.66. The largest absolute Gasteiger partial charge is 0.335 e. The molecule has 0 bridgehead atoms. The van der Waals surface area contributed by atoms with Crippen molar-refractivity contribution in [2.75, 3.05) is 7.05 Å². The molecule has 0 aliphatic heterocycles. The fourth-order valence-electron chi connectivity index (χ4n) is 2.91. The van der Waals surface area contributed by atoms with Gasteiger partial charge in [0.2, 0.25) is 0 Å². The number of urea groups is 1. The molecule has 2 aliphatic rings. The fourth-order valence-corrected chi connectivity index (χ4v) is 2.91. The second-order valence-electron chi connectivity index (χ2n) is 5.76. The number of carbonyl (C=O) groups excluding carboxylic acids is 2. The van der Waals surface area contributed by atoms with E-state index < -0.39 is 9.00 Å². The van der Waals surface area contributed by atoms with Crippen molar-refractivity contribution in [3.63, 3.8) is 0 Å². The number of rotatable bonds is 2. The second kappa shape index (κ2) is 25.0. The van der Waals surface area contributed by atoms with Crippen LogP contribution in [0.15, 0.2) is 0 Å². The molecule has 0 aromatic carbocycles. The zero-order valence-corrected chi connectivity index (χ0v) is 19.7. The third-order valence-electron chi connectivity index (χ3n) is 3.88. The maximum atomic E-state index is 11.8. The van der Waals surface area contributed by atoms with Gasteiger partial charge >= 0.3 is 10.7 Å². The average molecular weight is 506 g/mol. The first-order valence-corrected chi connectivity index (χ1v) is 11.0. The predicted octanol–water partition coefficient (Wildman–Crippen LogP) is 6.16. The molecule has 0 atom stereocenters. The molecule has 7 nitrogen and oxygen atoms in total. The van der Waals surface area contributed by atoms with Gasteiger partial charge in [0.05, 0.1) is 0 Å². The minimum Gasteiger partial charge on any atom is -0.335 e. The monoisotopic (exact) mass is 503 g/mol. The van der Waals surface area contributed by atoms with Gasteiger partial charge in [0, 0.05) is 22.0 Å². The van der Waals surface area contributed by atoms with Gasteiger partial charge in [-0.05, 0) is 55.9 Å². The number of carbonyl (C=O) groups is 2. The SMILES string of the molecule is CN.ClC(Cl)Cl.O=C(Cl)Cl.O=C(NC1CCCCC1)NC1CCCCC1.O=O. The molecule has 2 fully saturated rings. The molecule has 168 valence electrons. The van der Waals surface area contributed by atoms with Gasteiger partial charge in [-0.1, -0.05) is 73.3 Å². The summed E-state index contributed by atoms with van der Waals surface area (Å²) in [5.41, 5.74) is 4.50. The molecule has 0 unspecified atom stereocenters. The van der Waals surface area contributed by atoms with Gasteiger partial charge in [0.25, 0.3) is 0 Å². The first-order chi connectivity index (χ1) is 13.3. The lowest BCUT2D eigenvalue weighted by atomic mass is 9.95. The topological polar surface area (TPSA) is 118 Å². The molecular formula is C16H30Cl5N3O4. The Morgan fingerprint density at radius 1 is 0.750 bits per heavy atom. The van der Waals surface area contributed by atoms with Crippen molar-refractivity contribution in [3.8, 4) is 0 Å². The Labute approximate surface area is 191 Å². The van der Waals surface area contributed by atoms with E-state index in [1.54, 1.807) is 0 Å². The highest BCUT2D eigenvalue weighted by molar-refractivity contribution is 6.93. The minimum atomic E-state index is -0.889. The van der Waals surface area contributed by atoms with Crippen molar-refractivity contribution in [2.24, 2.45) is 5.73 Å². The molecule has 0 saturated heterocycles. The van der Waals surface area contributed by atoms with Crippen molar-refractivity contribution >= 4 is 68.7 Å². The molecule has 0 spiro atoms. The maximum absolute atomic E-state index is 11.8. The summed E-state index contributed by atoms with van der Waals surface area (Å²) in [5.74, 6) is 0. The first-order valence-electron chi connectivity index (χ1n) is 8.90. The molecule has 2 saturated carbocycles. The Morgan fingerprint density at radius 3 is 1.18 bits per heavy atom. The van der Waals surface area contributed by atoms with Gasteiger partial charge in [-0.2, -0.15) is 0 Å². The Morgan fingerprint density at radius 2 is 0.964 bits per heavy atom. The summed E-state index contributed by atoms with van der Waals surface area (Å²) in [7, 11) is 1.50. The van der Waals surface area contributed by atoms with E-state index in [1.807, 2.05) is 0 Å². The summed E-state index contributed by atoms with van der Waals surface area (Å²) in [6.07, 6.45) is 12.4. The molecule has 0 radical (unpaired) electrons. The van der Waals surface area contributed by atoms with Gasteiger partial charge in [-0.25, -0.2) is 4.79 Å². The van der Waals surface area contributed by atoms with Crippen LogP contribution in [0, 0.1) is 9.93 Å². The molecular weight excluding hydrogens is 475 g/mol. The van der Waals surface area contributed by atoms with E-state index in [-0.39, 0.29) is 6.03 Å². The number of alkyl halides is 3. The van der Waals surface area contributed by atoms with Crippen LogP contribution in [0.1, 0.15) is 64.2 Å². The van der Waals surface area contributed by atoms with Crippen LogP contribution in [-0.4, -0.2) is 34.2 Å². The lowest BCUT2D eigenvalue weighted by Gasteiger charge is -2.26. The van der Waals surface area contributed by atoms with Gasteiger partial charge in [0.1, 0.15) is 0 Å². The van der Waals surface area contributed by atoms with Crippen molar-refractivity contribution in [1.29, 1.82) is 0 Å². The first kappa shape index (κ1) is 32.6. The van der Waals surface area contributed by atoms with Crippen LogP contribution in [0.2, 0.25) is 0 Å². The third kappa shape index (κ3) is 28.2. The molecule has 2 aliphatic carbocycles. The quantitative estimate of drug-likeness (QED) is 0.307. The standard InChI is InChI=1S/C13H24N2O.CHCl3.CCl2O.CH5N.O2/c16-13(14-11-7-3-1-4-8-11)15-12-9-5-2-6-10-12;2*2-1(3)4;2*1-2/h11-12H,1-10H2,(H2,14,15,16);1H;;2H2,1H3;. The smallest absolute Gasteiger partial charge is 0.315 e.